The Morgan fingerprint density at radius 1 is 1.17 bits per heavy atom. The number of halogens is 3. The summed E-state index contributed by atoms with van der Waals surface area (Å²) in [5.74, 6) is -0.871. The number of carbonyl (C=O) groups excluding carboxylic acids is 1. The lowest BCUT2D eigenvalue weighted by atomic mass is 10.0. The summed E-state index contributed by atoms with van der Waals surface area (Å²) < 4.78 is 13.1. The van der Waals surface area contributed by atoms with Crippen LogP contribution in [0.25, 0.3) is 5.03 Å². The van der Waals surface area contributed by atoms with Crippen LogP contribution in [0.4, 0.5) is 10.1 Å². The zero-order chi connectivity index (χ0) is 16.6. The number of amides is 1. The zero-order valence-electron chi connectivity index (χ0n) is 11.6. The van der Waals surface area contributed by atoms with Gasteiger partial charge in [-0.15, -0.1) is 0 Å². The molecule has 6 heteroatoms. The molecule has 0 spiro atoms. The summed E-state index contributed by atoms with van der Waals surface area (Å²) >= 11 is 12.2. The van der Waals surface area contributed by atoms with Gasteiger partial charge in [0.05, 0.1) is 11.8 Å². The molecule has 0 N–H and O–H groups in total. The molecule has 3 nitrogen and oxygen atoms in total. The summed E-state index contributed by atoms with van der Waals surface area (Å²) in [5, 5.41) is 10.2. The lowest BCUT2D eigenvalue weighted by molar-refractivity contribution is 0.0985. The Bertz CT molecular complexity index is 856. The highest BCUT2D eigenvalue weighted by Crippen LogP contribution is 2.38. The molecule has 0 fully saturated rings. The van der Waals surface area contributed by atoms with Gasteiger partial charge in [0, 0.05) is 21.2 Å². The molecule has 1 atom stereocenters. The van der Waals surface area contributed by atoms with Gasteiger partial charge in [-0.3, -0.25) is 9.69 Å². The lowest BCUT2D eigenvalue weighted by Crippen LogP contribution is -2.41. The Hall–Kier alpha value is -2.35. The smallest absolute Gasteiger partial charge is 0.259 e. The van der Waals surface area contributed by atoms with E-state index in [4.69, 9.17) is 23.2 Å². The fourth-order valence-corrected chi connectivity index (χ4v) is 2.87. The third-order valence-corrected chi connectivity index (χ3v) is 4.07. The van der Waals surface area contributed by atoms with E-state index in [-0.39, 0.29) is 5.56 Å². The second kappa shape index (κ2) is 6.04. The van der Waals surface area contributed by atoms with E-state index >= 15 is 0 Å². The molecule has 0 radical (unpaired) electrons. The monoisotopic (exact) mass is 346 g/mol. The van der Waals surface area contributed by atoms with E-state index in [1.807, 2.05) is 6.07 Å². The van der Waals surface area contributed by atoms with Crippen LogP contribution in [-0.4, -0.2) is 11.9 Å². The van der Waals surface area contributed by atoms with Gasteiger partial charge >= 0.3 is 0 Å². The quantitative estimate of drug-likeness (QED) is 0.756. The van der Waals surface area contributed by atoms with E-state index in [9.17, 15) is 14.4 Å². The van der Waals surface area contributed by atoms with Crippen molar-refractivity contribution in [3.05, 3.63) is 70.5 Å². The average Bonchev–Trinajstić information content (AvgIpc) is 2.54. The van der Waals surface area contributed by atoms with E-state index in [1.54, 1.807) is 18.2 Å². The largest absolute Gasteiger partial charge is 0.287 e. The fourth-order valence-electron chi connectivity index (χ4n) is 2.42. The van der Waals surface area contributed by atoms with Crippen LogP contribution in [0.2, 0.25) is 5.02 Å². The van der Waals surface area contributed by atoms with Gasteiger partial charge in [-0.1, -0.05) is 23.2 Å². The van der Waals surface area contributed by atoms with Gasteiger partial charge in [0.1, 0.15) is 11.9 Å². The van der Waals surface area contributed by atoms with Gasteiger partial charge in [0.2, 0.25) is 0 Å². The highest BCUT2D eigenvalue weighted by Gasteiger charge is 2.31. The second-order valence-corrected chi connectivity index (χ2v) is 5.78. The fraction of sp³-hybridized carbons (Fsp3) is 0.0588. The molecule has 1 heterocycles. The topological polar surface area (TPSA) is 44.1 Å². The van der Waals surface area contributed by atoms with Gasteiger partial charge in [-0.05, 0) is 48.5 Å². The molecule has 0 bridgehead atoms. The molecule has 0 saturated heterocycles. The van der Waals surface area contributed by atoms with Crippen molar-refractivity contribution in [3.8, 4) is 6.07 Å². The summed E-state index contributed by atoms with van der Waals surface area (Å²) in [6, 6.07) is 11.2. The van der Waals surface area contributed by atoms with Crippen LogP contribution in [0, 0.1) is 17.1 Å². The number of hydrogen-bond donors (Lipinski definition) is 0. The van der Waals surface area contributed by atoms with E-state index in [1.165, 1.54) is 35.2 Å². The summed E-state index contributed by atoms with van der Waals surface area (Å²) in [4.78, 5) is 14.1. The molecule has 114 valence electrons. The first-order valence-corrected chi connectivity index (χ1v) is 7.43. The standard InChI is InChI=1S/C17H9Cl2FN2O/c18-11-3-6-14-15(19)8-13(9-21)22(16(14)7-11)17(23)10-1-4-12(20)5-2-10/h1-8,13H. The summed E-state index contributed by atoms with van der Waals surface area (Å²) in [6.07, 6.45) is 1.50. The van der Waals surface area contributed by atoms with E-state index in [0.29, 0.717) is 21.3 Å². The molecular formula is C17H9Cl2FN2O. The van der Waals surface area contributed by atoms with E-state index in [2.05, 4.69) is 0 Å². The maximum Gasteiger partial charge on any atom is 0.259 e. The minimum atomic E-state index is -0.869. The molecule has 23 heavy (non-hydrogen) atoms. The normalized spacial score (nSPS) is 16.3. The number of carbonyl (C=O) groups is 1. The van der Waals surface area contributed by atoms with Crippen LogP contribution in [-0.2, 0) is 0 Å². The Morgan fingerprint density at radius 3 is 2.52 bits per heavy atom. The van der Waals surface area contributed by atoms with Gasteiger partial charge in [-0.2, -0.15) is 5.26 Å². The molecule has 0 aromatic heterocycles. The number of fused-ring (bicyclic) bond motifs is 1. The predicted octanol–water partition coefficient (Wildman–Crippen LogP) is 4.61. The maximum atomic E-state index is 13.1. The van der Waals surface area contributed by atoms with Gasteiger partial charge < -0.3 is 0 Å². The molecule has 3 rings (SSSR count). The Balaban J connectivity index is 2.13. The highest BCUT2D eigenvalue weighted by molar-refractivity contribution is 6.50. The van der Waals surface area contributed by atoms with Crippen molar-refractivity contribution in [1.82, 2.24) is 0 Å². The van der Waals surface area contributed by atoms with Crippen molar-refractivity contribution in [2.24, 2.45) is 0 Å². The molecule has 1 aliphatic heterocycles. The SMILES string of the molecule is N#CC1C=C(Cl)c2ccc(Cl)cc2N1C(=O)c1ccc(F)cc1. The first-order chi connectivity index (χ1) is 11.0. The third kappa shape index (κ3) is 2.81. The predicted molar refractivity (Wildman–Crippen MR) is 87.9 cm³/mol. The lowest BCUT2D eigenvalue weighted by Gasteiger charge is -2.31. The minimum Gasteiger partial charge on any atom is -0.287 e. The molecule has 0 saturated carbocycles. The molecule has 0 aliphatic carbocycles. The molecule has 1 amide bonds. The van der Waals surface area contributed by atoms with Gasteiger partial charge in [-0.25, -0.2) is 4.39 Å². The molecule has 2 aromatic rings. The Kier molecular flexibility index (Phi) is 4.08. The van der Waals surface area contributed by atoms with Crippen molar-refractivity contribution in [3.63, 3.8) is 0 Å². The number of hydrogen-bond acceptors (Lipinski definition) is 2. The van der Waals surface area contributed by atoms with Crippen LogP contribution in [0.5, 0.6) is 0 Å². The summed E-state index contributed by atoms with van der Waals surface area (Å²) in [6.45, 7) is 0. The number of benzene rings is 2. The number of nitrogens with zero attached hydrogens (tertiary/aromatic N) is 2. The molecule has 1 aliphatic rings. The molecular weight excluding hydrogens is 338 g/mol. The van der Waals surface area contributed by atoms with Gasteiger partial charge in [0.25, 0.3) is 5.91 Å². The van der Waals surface area contributed by atoms with E-state index in [0.717, 1.165) is 0 Å². The average molecular weight is 347 g/mol. The molecule has 1 unspecified atom stereocenters. The summed E-state index contributed by atoms with van der Waals surface area (Å²) in [5.41, 5.74) is 1.33. The Labute approximate surface area is 142 Å². The first-order valence-electron chi connectivity index (χ1n) is 6.67. The summed E-state index contributed by atoms with van der Waals surface area (Å²) in [7, 11) is 0. The van der Waals surface area contributed by atoms with E-state index < -0.39 is 17.8 Å². The second-order valence-electron chi connectivity index (χ2n) is 4.93. The number of nitriles is 1. The van der Waals surface area contributed by atoms with Crippen molar-refractivity contribution in [2.45, 2.75) is 6.04 Å². The Morgan fingerprint density at radius 2 is 1.87 bits per heavy atom. The van der Waals surface area contributed by atoms with Crippen LogP contribution >= 0.6 is 23.2 Å². The van der Waals surface area contributed by atoms with Crippen LogP contribution in [0.1, 0.15) is 15.9 Å². The van der Waals surface area contributed by atoms with Crippen LogP contribution in [0.3, 0.4) is 0 Å². The zero-order valence-corrected chi connectivity index (χ0v) is 13.1. The van der Waals surface area contributed by atoms with Crippen molar-refractivity contribution in [2.75, 3.05) is 4.90 Å². The molecule has 2 aromatic carbocycles. The van der Waals surface area contributed by atoms with Crippen LogP contribution in [0.15, 0.2) is 48.5 Å². The number of anilines is 1. The van der Waals surface area contributed by atoms with Crippen molar-refractivity contribution >= 4 is 39.8 Å². The third-order valence-electron chi connectivity index (χ3n) is 3.50. The van der Waals surface area contributed by atoms with Crippen molar-refractivity contribution in [1.29, 1.82) is 5.26 Å². The van der Waals surface area contributed by atoms with Crippen LogP contribution < -0.4 is 4.90 Å². The minimum absolute atomic E-state index is 0.268. The highest BCUT2D eigenvalue weighted by atomic mass is 35.5. The first kappa shape index (κ1) is 15.5. The van der Waals surface area contributed by atoms with Gasteiger partial charge in [0.15, 0.2) is 0 Å². The number of rotatable bonds is 1. The maximum absolute atomic E-state index is 13.1. The van der Waals surface area contributed by atoms with Crippen molar-refractivity contribution < 1.29 is 9.18 Å².